The lowest BCUT2D eigenvalue weighted by Gasteiger charge is -2.14. The number of nitrogen functional groups attached to an aromatic ring is 1. The molecular formula is C16H15FN2. The molecule has 3 heteroatoms. The third kappa shape index (κ3) is 2.58. The van der Waals surface area contributed by atoms with Crippen LogP contribution in [-0.4, -0.2) is 0 Å². The molecule has 96 valence electrons. The van der Waals surface area contributed by atoms with Crippen LogP contribution < -0.4 is 5.73 Å². The van der Waals surface area contributed by atoms with E-state index in [1.165, 1.54) is 12.1 Å². The van der Waals surface area contributed by atoms with Crippen LogP contribution in [0.2, 0.25) is 0 Å². The number of anilines is 1. The van der Waals surface area contributed by atoms with Crippen LogP contribution in [0.3, 0.4) is 0 Å². The minimum atomic E-state index is -0.310. The predicted octanol–water partition coefficient (Wildman–Crippen LogP) is 4.07. The van der Waals surface area contributed by atoms with E-state index >= 15 is 0 Å². The zero-order chi connectivity index (χ0) is 14.0. The number of nitriles is 1. The van der Waals surface area contributed by atoms with E-state index in [2.05, 4.69) is 6.07 Å². The molecule has 0 unspecified atom stereocenters. The van der Waals surface area contributed by atoms with Crippen molar-refractivity contribution in [2.75, 3.05) is 5.73 Å². The van der Waals surface area contributed by atoms with Crippen LogP contribution in [0, 0.1) is 17.1 Å². The molecular weight excluding hydrogens is 239 g/mol. The Kier molecular flexibility index (Phi) is 3.52. The molecule has 0 saturated carbocycles. The van der Waals surface area contributed by atoms with E-state index in [4.69, 9.17) is 11.0 Å². The Morgan fingerprint density at radius 3 is 2.58 bits per heavy atom. The van der Waals surface area contributed by atoms with Crippen molar-refractivity contribution in [1.29, 1.82) is 5.26 Å². The van der Waals surface area contributed by atoms with Crippen LogP contribution >= 0.6 is 0 Å². The Morgan fingerprint density at radius 2 is 1.95 bits per heavy atom. The molecule has 0 aliphatic rings. The van der Waals surface area contributed by atoms with Crippen LogP contribution in [0.5, 0.6) is 0 Å². The summed E-state index contributed by atoms with van der Waals surface area (Å²) in [6.07, 6.45) is 0. The third-order valence-electron chi connectivity index (χ3n) is 3.10. The number of hydrogen-bond donors (Lipinski definition) is 1. The van der Waals surface area contributed by atoms with Crippen molar-refractivity contribution in [1.82, 2.24) is 0 Å². The van der Waals surface area contributed by atoms with E-state index in [9.17, 15) is 4.39 Å². The van der Waals surface area contributed by atoms with Gasteiger partial charge in [-0.1, -0.05) is 26.0 Å². The van der Waals surface area contributed by atoms with E-state index in [-0.39, 0.29) is 11.7 Å². The summed E-state index contributed by atoms with van der Waals surface area (Å²) in [5.41, 5.74) is 9.43. The lowest BCUT2D eigenvalue weighted by atomic mass is 9.94. The van der Waals surface area contributed by atoms with Gasteiger partial charge in [-0.2, -0.15) is 5.26 Å². The maximum absolute atomic E-state index is 13.7. The Morgan fingerprint density at radius 1 is 1.21 bits per heavy atom. The van der Waals surface area contributed by atoms with Crippen LogP contribution in [0.1, 0.15) is 30.9 Å². The van der Waals surface area contributed by atoms with Gasteiger partial charge in [-0.15, -0.1) is 0 Å². The van der Waals surface area contributed by atoms with E-state index in [0.717, 1.165) is 11.1 Å². The second kappa shape index (κ2) is 5.11. The molecule has 0 spiro atoms. The lowest BCUT2D eigenvalue weighted by molar-refractivity contribution is 0.624. The summed E-state index contributed by atoms with van der Waals surface area (Å²) in [6, 6.07) is 12.0. The highest BCUT2D eigenvalue weighted by Gasteiger charge is 2.13. The van der Waals surface area contributed by atoms with Gasteiger partial charge in [0.25, 0.3) is 0 Å². The number of nitrogens with two attached hydrogens (primary N) is 1. The van der Waals surface area contributed by atoms with Gasteiger partial charge in [-0.25, -0.2) is 4.39 Å². The summed E-state index contributed by atoms with van der Waals surface area (Å²) < 4.78 is 13.7. The fourth-order valence-electron chi connectivity index (χ4n) is 2.11. The molecule has 2 aromatic rings. The number of hydrogen-bond acceptors (Lipinski definition) is 2. The van der Waals surface area contributed by atoms with Gasteiger partial charge < -0.3 is 5.73 Å². The fraction of sp³-hybridized carbons (Fsp3) is 0.188. The summed E-state index contributed by atoms with van der Waals surface area (Å²) in [5, 5.41) is 8.92. The van der Waals surface area contributed by atoms with Gasteiger partial charge in [0.15, 0.2) is 0 Å². The summed E-state index contributed by atoms with van der Waals surface area (Å²) >= 11 is 0. The SMILES string of the molecule is CC(C)c1cc(F)cc(-c2cccc(C#N)c2)c1N. The van der Waals surface area contributed by atoms with Gasteiger partial charge in [0.1, 0.15) is 5.82 Å². The van der Waals surface area contributed by atoms with E-state index in [1.54, 1.807) is 18.2 Å². The molecule has 19 heavy (non-hydrogen) atoms. The Bertz CT molecular complexity index is 654. The van der Waals surface area contributed by atoms with Crippen LogP contribution in [0.4, 0.5) is 10.1 Å². The molecule has 0 radical (unpaired) electrons. The second-order valence-corrected chi connectivity index (χ2v) is 4.80. The molecule has 0 fully saturated rings. The summed E-state index contributed by atoms with van der Waals surface area (Å²) in [7, 11) is 0. The number of nitrogens with zero attached hydrogens (tertiary/aromatic N) is 1. The highest BCUT2D eigenvalue weighted by Crippen LogP contribution is 2.33. The smallest absolute Gasteiger partial charge is 0.124 e. The molecule has 0 bridgehead atoms. The average Bonchev–Trinajstić information content (AvgIpc) is 2.40. The van der Waals surface area contributed by atoms with Gasteiger partial charge in [-0.05, 0) is 41.3 Å². The van der Waals surface area contributed by atoms with E-state index < -0.39 is 0 Å². The maximum atomic E-state index is 13.7. The van der Waals surface area contributed by atoms with Crippen molar-refractivity contribution in [3.8, 4) is 17.2 Å². The lowest BCUT2D eigenvalue weighted by Crippen LogP contribution is -2.00. The molecule has 0 saturated heterocycles. The summed E-state index contributed by atoms with van der Waals surface area (Å²) in [6.45, 7) is 3.95. The van der Waals surface area contributed by atoms with Crippen molar-refractivity contribution in [3.63, 3.8) is 0 Å². The standard InChI is InChI=1S/C16H15FN2/c1-10(2)14-7-13(17)8-15(16(14)19)12-5-3-4-11(6-12)9-18/h3-8,10H,19H2,1-2H3. The Labute approximate surface area is 112 Å². The zero-order valence-corrected chi connectivity index (χ0v) is 10.9. The monoisotopic (exact) mass is 254 g/mol. The summed E-state index contributed by atoms with van der Waals surface area (Å²) in [5.74, 6) is -0.163. The second-order valence-electron chi connectivity index (χ2n) is 4.80. The molecule has 2 rings (SSSR count). The first-order chi connectivity index (χ1) is 9.02. The molecule has 0 aliphatic heterocycles. The molecule has 0 aliphatic carbocycles. The highest BCUT2D eigenvalue weighted by molar-refractivity contribution is 5.79. The molecule has 2 nitrogen and oxygen atoms in total. The van der Waals surface area contributed by atoms with Gasteiger partial charge in [-0.3, -0.25) is 0 Å². The van der Waals surface area contributed by atoms with Crippen LogP contribution in [0.15, 0.2) is 36.4 Å². The van der Waals surface area contributed by atoms with Crippen molar-refractivity contribution in [2.24, 2.45) is 0 Å². The highest BCUT2D eigenvalue weighted by atomic mass is 19.1. The predicted molar refractivity (Wildman–Crippen MR) is 75.1 cm³/mol. The first kappa shape index (κ1) is 13.1. The van der Waals surface area contributed by atoms with Gasteiger partial charge >= 0.3 is 0 Å². The largest absolute Gasteiger partial charge is 0.398 e. The van der Waals surface area contributed by atoms with Crippen molar-refractivity contribution in [3.05, 3.63) is 53.3 Å². The molecule has 0 amide bonds. The quantitative estimate of drug-likeness (QED) is 0.821. The van der Waals surface area contributed by atoms with Crippen molar-refractivity contribution < 1.29 is 4.39 Å². The minimum absolute atomic E-state index is 0.147. The normalized spacial score (nSPS) is 10.5. The van der Waals surface area contributed by atoms with E-state index in [0.29, 0.717) is 16.8 Å². The zero-order valence-electron chi connectivity index (χ0n) is 10.9. The Balaban J connectivity index is 2.65. The average molecular weight is 254 g/mol. The molecule has 2 aromatic carbocycles. The first-order valence-electron chi connectivity index (χ1n) is 6.12. The third-order valence-corrected chi connectivity index (χ3v) is 3.10. The topological polar surface area (TPSA) is 49.8 Å². The number of halogens is 1. The Hall–Kier alpha value is -2.34. The van der Waals surface area contributed by atoms with Gasteiger partial charge in [0.2, 0.25) is 0 Å². The maximum Gasteiger partial charge on any atom is 0.124 e. The van der Waals surface area contributed by atoms with Gasteiger partial charge in [0, 0.05) is 11.3 Å². The number of benzene rings is 2. The fourth-order valence-corrected chi connectivity index (χ4v) is 2.11. The minimum Gasteiger partial charge on any atom is -0.398 e. The van der Waals surface area contributed by atoms with E-state index in [1.807, 2.05) is 19.9 Å². The molecule has 0 aromatic heterocycles. The first-order valence-corrected chi connectivity index (χ1v) is 6.12. The number of rotatable bonds is 2. The summed E-state index contributed by atoms with van der Waals surface area (Å²) in [4.78, 5) is 0. The van der Waals surface area contributed by atoms with Gasteiger partial charge in [0.05, 0.1) is 11.6 Å². The molecule has 0 heterocycles. The molecule has 0 atom stereocenters. The van der Waals surface area contributed by atoms with Crippen LogP contribution in [-0.2, 0) is 0 Å². The van der Waals surface area contributed by atoms with Crippen molar-refractivity contribution in [2.45, 2.75) is 19.8 Å². The van der Waals surface area contributed by atoms with Crippen molar-refractivity contribution >= 4 is 5.69 Å². The molecule has 2 N–H and O–H groups in total. The van der Waals surface area contributed by atoms with Crippen LogP contribution in [0.25, 0.3) is 11.1 Å².